The number of aromatic nitrogens is 2. The van der Waals surface area contributed by atoms with Crippen LogP contribution in [-0.2, 0) is 6.42 Å². The second-order valence-corrected chi connectivity index (χ2v) is 5.10. The number of aromatic amines is 1. The lowest BCUT2D eigenvalue weighted by molar-refractivity contribution is 0.395. The fourth-order valence-electron chi connectivity index (χ4n) is 2.57. The van der Waals surface area contributed by atoms with Crippen LogP contribution >= 0.6 is 0 Å². The molecule has 2 N–H and O–H groups in total. The molecule has 2 aromatic rings. The molecule has 3 rings (SSSR count). The number of nitrogens with one attached hydrogen (secondary N) is 2. The summed E-state index contributed by atoms with van der Waals surface area (Å²) < 4.78 is 12.9. The van der Waals surface area contributed by atoms with E-state index in [-0.39, 0.29) is 5.82 Å². The summed E-state index contributed by atoms with van der Waals surface area (Å²) in [6.07, 6.45) is 6.54. The van der Waals surface area contributed by atoms with Gasteiger partial charge in [-0.2, -0.15) is 0 Å². The Bertz CT molecular complexity index is 527. The van der Waals surface area contributed by atoms with E-state index in [1.54, 1.807) is 12.1 Å². The Morgan fingerprint density at radius 1 is 1.21 bits per heavy atom. The van der Waals surface area contributed by atoms with E-state index < -0.39 is 0 Å². The number of rotatable bonds is 3. The van der Waals surface area contributed by atoms with Gasteiger partial charge in [0.1, 0.15) is 11.6 Å². The fourth-order valence-corrected chi connectivity index (χ4v) is 2.57. The molecular weight excluding hydrogens is 241 g/mol. The van der Waals surface area contributed by atoms with Crippen molar-refractivity contribution in [2.24, 2.45) is 0 Å². The number of hydrogen-bond donors (Lipinski definition) is 2. The first kappa shape index (κ1) is 12.4. The Kier molecular flexibility index (Phi) is 3.60. The number of benzene rings is 1. The van der Waals surface area contributed by atoms with Crippen LogP contribution in [0.25, 0.3) is 11.3 Å². The summed E-state index contributed by atoms with van der Waals surface area (Å²) in [6.45, 7) is 1.11. The molecule has 3 nitrogen and oxygen atoms in total. The Morgan fingerprint density at radius 2 is 2.05 bits per heavy atom. The molecule has 100 valence electrons. The van der Waals surface area contributed by atoms with E-state index in [0.717, 1.165) is 30.0 Å². The highest BCUT2D eigenvalue weighted by atomic mass is 19.1. The van der Waals surface area contributed by atoms with Crippen LogP contribution in [0, 0.1) is 5.82 Å². The van der Waals surface area contributed by atoms with Gasteiger partial charge in [-0.05, 0) is 49.2 Å². The summed E-state index contributed by atoms with van der Waals surface area (Å²) in [6, 6.07) is 7.01. The normalized spacial score (nSPS) is 19.5. The molecule has 19 heavy (non-hydrogen) atoms. The molecule has 1 aliphatic rings. The predicted molar refractivity (Wildman–Crippen MR) is 73.3 cm³/mol. The van der Waals surface area contributed by atoms with Crippen LogP contribution in [-0.4, -0.2) is 22.6 Å². The smallest absolute Gasteiger partial charge is 0.123 e. The summed E-state index contributed by atoms with van der Waals surface area (Å²) >= 11 is 0. The van der Waals surface area contributed by atoms with E-state index in [4.69, 9.17) is 0 Å². The topological polar surface area (TPSA) is 40.7 Å². The zero-order valence-electron chi connectivity index (χ0n) is 10.8. The number of piperidine rings is 1. The molecule has 1 atom stereocenters. The maximum atomic E-state index is 12.9. The van der Waals surface area contributed by atoms with E-state index in [9.17, 15) is 4.39 Å². The highest BCUT2D eigenvalue weighted by molar-refractivity contribution is 5.58. The molecule has 0 bridgehead atoms. The molecule has 1 aromatic carbocycles. The SMILES string of the molecule is Fc1ccc(-c2cnc(CC3CCCCN3)[nH]2)cc1. The molecule has 0 amide bonds. The van der Waals surface area contributed by atoms with Crippen molar-refractivity contribution in [1.29, 1.82) is 0 Å². The second kappa shape index (κ2) is 5.53. The number of halogens is 1. The second-order valence-electron chi connectivity index (χ2n) is 5.10. The third kappa shape index (κ3) is 3.01. The maximum Gasteiger partial charge on any atom is 0.123 e. The van der Waals surface area contributed by atoms with Crippen LogP contribution < -0.4 is 5.32 Å². The maximum absolute atomic E-state index is 12.9. The first-order chi connectivity index (χ1) is 9.31. The fraction of sp³-hybridized carbons (Fsp3) is 0.400. The van der Waals surface area contributed by atoms with Gasteiger partial charge in [-0.3, -0.25) is 0 Å². The van der Waals surface area contributed by atoms with Crippen molar-refractivity contribution in [3.05, 3.63) is 42.1 Å². The monoisotopic (exact) mass is 259 g/mol. The molecule has 1 aliphatic heterocycles. The third-order valence-electron chi connectivity index (χ3n) is 3.64. The van der Waals surface area contributed by atoms with Crippen molar-refractivity contribution >= 4 is 0 Å². The van der Waals surface area contributed by atoms with E-state index in [0.29, 0.717) is 6.04 Å². The summed E-state index contributed by atoms with van der Waals surface area (Å²) in [7, 11) is 0. The summed E-state index contributed by atoms with van der Waals surface area (Å²) in [5.41, 5.74) is 1.92. The molecule has 2 heterocycles. The average Bonchev–Trinajstić information content (AvgIpc) is 2.89. The first-order valence-electron chi connectivity index (χ1n) is 6.84. The van der Waals surface area contributed by atoms with Gasteiger partial charge in [0, 0.05) is 12.5 Å². The van der Waals surface area contributed by atoms with E-state index in [1.165, 1.54) is 31.4 Å². The van der Waals surface area contributed by atoms with Gasteiger partial charge in [-0.25, -0.2) is 9.37 Å². The lowest BCUT2D eigenvalue weighted by atomic mass is 10.0. The Balaban J connectivity index is 1.70. The predicted octanol–water partition coefficient (Wildman–Crippen LogP) is 2.90. The van der Waals surface area contributed by atoms with Crippen molar-refractivity contribution in [1.82, 2.24) is 15.3 Å². The van der Waals surface area contributed by atoms with Gasteiger partial charge >= 0.3 is 0 Å². The van der Waals surface area contributed by atoms with Gasteiger partial charge in [-0.1, -0.05) is 6.42 Å². The molecule has 1 saturated heterocycles. The van der Waals surface area contributed by atoms with Crippen molar-refractivity contribution in [2.45, 2.75) is 31.7 Å². The summed E-state index contributed by atoms with van der Waals surface area (Å²) in [5, 5.41) is 3.51. The highest BCUT2D eigenvalue weighted by Gasteiger charge is 2.14. The zero-order valence-corrected chi connectivity index (χ0v) is 10.8. The molecule has 0 saturated carbocycles. The van der Waals surface area contributed by atoms with Gasteiger partial charge in [0.25, 0.3) is 0 Å². The first-order valence-corrected chi connectivity index (χ1v) is 6.84. The average molecular weight is 259 g/mol. The number of hydrogen-bond acceptors (Lipinski definition) is 2. The zero-order chi connectivity index (χ0) is 13.1. The van der Waals surface area contributed by atoms with E-state index in [2.05, 4.69) is 15.3 Å². The quantitative estimate of drug-likeness (QED) is 0.889. The number of imidazole rings is 1. The van der Waals surface area contributed by atoms with E-state index in [1.807, 2.05) is 6.20 Å². The minimum atomic E-state index is -0.213. The molecule has 0 spiro atoms. The minimum Gasteiger partial charge on any atom is -0.342 e. The van der Waals surface area contributed by atoms with Crippen LogP contribution in [0.4, 0.5) is 4.39 Å². The summed E-state index contributed by atoms with van der Waals surface area (Å²) in [5.74, 6) is 0.786. The van der Waals surface area contributed by atoms with Gasteiger partial charge in [-0.15, -0.1) is 0 Å². The van der Waals surface area contributed by atoms with Crippen LogP contribution in [0.15, 0.2) is 30.5 Å². The third-order valence-corrected chi connectivity index (χ3v) is 3.64. The van der Waals surface area contributed by atoms with Crippen molar-refractivity contribution in [2.75, 3.05) is 6.54 Å². The molecule has 4 heteroatoms. The van der Waals surface area contributed by atoms with Crippen LogP contribution in [0.2, 0.25) is 0 Å². The molecule has 1 unspecified atom stereocenters. The van der Waals surface area contributed by atoms with Crippen LogP contribution in [0.3, 0.4) is 0 Å². The van der Waals surface area contributed by atoms with Gasteiger partial charge in [0.2, 0.25) is 0 Å². The van der Waals surface area contributed by atoms with Crippen molar-refractivity contribution < 1.29 is 4.39 Å². The Labute approximate surface area is 112 Å². The molecule has 1 aromatic heterocycles. The lowest BCUT2D eigenvalue weighted by Gasteiger charge is -2.22. The molecule has 1 fully saturated rings. The van der Waals surface area contributed by atoms with Gasteiger partial charge < -0.3 is 10.3 Å². The van der Waals surface area contributed by atoms with Crippen LogP contribution in [0.5, 0.6) is 0 Å². The number of nitrogens with zero attached hydrogens (tertiary/aromatic N) is 1. The van der Waals surface area contributed by atoms with Crippen molar-refractivity contribution in [3.8, 4) is 11.3 Å². The lowest BCUT2D eigenvalue weighted by Crippen LogP contribution is -2.35. The standard InChI is InChI=1S/C15H18FN3/c16-12-6-4-11(5-7-12)14-10-18-15(19-14)9-13-3-1-2-8-17-13/h4-7,10,13,17H,1-3,8-9H2,(H,18,19). The van der Waals surface area contributed by atoms with E-state index >= 15 is 0 Å². The van der Waals surface area contributed by atoms with Crippen LogP contribution in [0.1, 0.15) is 25.1 Å². The molecular formula is C15H18FN3. The van der Waals surface area contributed by atoms with Gasteiger partial charge in [0.05, 0.1) is 11.9 Å². The van der Waals surface area contributed by atoms with Gasteiger partial charge in [0.15, 0.2) is 0 Å². The highest BCUT2D eigenvalue weighted by Crippen LogP contribution is 2.18. The molecule has 0 radical (unpaired) electrons. The van der Waals surface area contributed by atoms with Crippen molar-refractivity contribution in [3.63, 3.8) is 0 Å². The minimum absolute atomic E-state index is 0.213. The Morgan fingerprint density at radius 3 is 2.79 bits per heavy atom. The number of H-pyrrole nitrogens is 1. The Hall–Kier alpha value is -1.68. The largest absolute Gasteiger partial charge is 0.342 e. The molecule has 0 aliphatic carbocycles. The summed E-state index contributed by atoms with van der Waals surface area (Å²) in [4.78, 5) is 7.74.